The summed E-state index contributed by atoms with van der Waals surface area (Å²) >= 11 is 3.46. The van der Waals surface area contributed by atoms with Gasteiger partial charge in [0.15, 0.2) is 0 Å². The fourth-order valence-corrected chi connectivity index (χ4v) is 2.21. The maximum atomic E-state index is 11.3. The van der Waals surface area contributed by atoms with Crippen LogP contribution in [0.1, 0.15) is 18.5 Å². The molecular weight excluding hydrogens is 292 g/mol. The molecule has 1 atom stereocenters. The molecule has 0 spiro atoms. The Hall–Kier alpha value is -1.55. The molecule has 94 valence electrons. The van der Waals surface area contributed by atoms with E-state index in [0.717, 1.165) is 10.2 Å². The molecule has 2 rings (SSSR count). The average molecular weight is 307 g/mol. The number of nitrogens with zero attached hydrogens (tertiary/aromatic N) is 1. The molecule has 0 amide bonds. The zero-order valence-corrected chi connectivity index (χ0v) is 11.9. The third kappa shape index (κ3) is 3.01. The van der Waals surface area contributed by atoms with Crippen LogP contribution in [0.2, 0.25) is 0 Å². The number of benzene rings is 1. The summed E-state index contributed by atoms with van der Waals surface area (Å²) in [5.41, 5.74) is 2.12. The number of aromatic nitrogens is 1. The Balaban J connectivity index is 2.18. The average Bonchev–Trinajstić information content (AvgIpc) is 2.34. The minimum atomic E-state index is -0.00402. The fourth-order valence-electron chi connectivity index (χ4n) is 1.79. The van der Waals surface area contributed by atoms with E-state index >= 15 is 0 Å². The Morgan fingerprint density at radius 3 is 2.72 bits per heavy atom. The van der Waals surface area contributed by atoms with Crippen LogP contribution >= 0.6 is 15.9 Å². The maximum absolute atomic E-state index is 11.3. The van der Waals surface area contributed by atoms with E-state index in [1.807, 2.05) is 12.1 Å². The van der Waals surface area contributed by atoms with Crippen molar-refractivity contribution in [1.29, 1.82) is 0 Å². The first-order valence-electron chi connectivity index (χ1n) is 5.75. The molecule has 0 aliphatic heterocycles. The molecule has 4 heteroatoms. The molecule has 0 aliphatic carbocycles. The second-order valence-corrected chi connectivity index (χ2v) is 5.20. The van der Waals surface area contributed by atoms with Crippen LogP contribution in [0.25, 0.3) is 0 Å². The van der Waals surface area contributed by atoms with E-state index in [-0.39, 0.29) is 11.6 Å². The number of nitrogens with one attached hydrogen (secondary N) is 1. The van der Waals surface area contributed by atoms with Crippen molar-refractivity contribution >= 4 is 21.6 Å². The smallest absolute Gasteiger partial charge is 0.250 e. The van der Waals surface area contributed by atoms with Gasteiger partial charge in [-0.15, -0.1) is 0 Å². The molecule has 18 heavy (non-hydrogen) atoms. The quantitative estimate of drug-likeness (QED) is 0.944. The van der Waals surface area contributed by atoms with Gasteiger partial charge in [0, 0.05) is 29.8 Å². The lowest BCUT2D eigenvalue weighted by molar-refractivity contribution is 0.840. The summed E-state index contributed by atoms with van der Waals surface area (Å²) in [6, 6.07) is 11.7. The number of hydrogen-bond acceptors (Lipinski definition) is 2. The van der Waals surface area contributed by atoms with Crippen LogP contribution in [0, 0.1) is 0 Å². The summed E-state index contributed by atoms with van der Waals surface area (Å²) < 4.78 is 2.63. The lowest BCUT2D eigenvalue weighted by Gasteiger charge is -2.16. The van der Waals surface area contributed by atoms with Crippen molar-refractivity contribution in [2.75, 3.05) is 5.32 Å². The second kappa shape index (κ2) is 5.40. The monoisotopic (exact) mass is 306 g/mol. The lowest BCUT2D eigenvalue weighted by atomic mass is 10.1. The summed E-state index contributed by atoms with van der Waals surface area (Å²) in [5, 5.41) is 3.37. The minimum Gasteiger partial charge on any atom is -0.377 e. The van der Waals surface area contributed by atoms with Crippen molar-refractivity contribution in [2.45, 2.75) is 13.0 Å². The number of rotatable bonds is 3. The number of aryl methyl sites for hydroxylation is 1. The Kier molecular flexibility index (Phi) is 3.87. The summed E-state index contributed by atoms with van der Waals surface area (Å²) in [7, 11) is 1.75. The molecule has 0 radical (unpaired) electrons. The number of pyridine rings is 1. The predicted molar refractivity (Wildman–Crippen MR) is 77.9 cm³/mol. The summed E-state index contributed by atoms with van der Waals surface area (Å²) in [6.07, 6.45) is 1.80. The van der Waals surface area contributed by atoms with Crippen molar-refractivity contribution < 1.29 is 0 Å². The van der Waals surface area contributed by atoms with Crippen LogP contribution in [-0.2, 0) is 7.05 Å². The van der Waals surface area contributed by atoms with Gasteiger partial charge >= 0.3 is 0 Å². The molecule has 1 unspecified atom stereocenters. The SMILES string of the molecule is CC(Nc1ccc(=O)n(C)c1)c1cccc(Br)c1. The van der Waals surface area contributed by atoms with E-state index in [2.05, 4.69) is 40.3 Å². The van der Waals surface area contributed by atoms with Crippen LogP contribution in [0.5, 0.6) is 0 Å². The van der Waals surface area contributed by atoms with Gasteiger partial charge in [0.2, 0.25) is 5.56 Å². The third-order valence-electron chi connectivity index (χ3n) is 2.82. The standard InChI is InChI=1S/C14H15BrN2O/c1-10(11-4-3-5-12(15)8-11)16-13-6-7-14(18)17(2)9-13/h3-10,16H,1-2H3. The van der Waals surface area contributed by atoms with Gasteiger partial charge < -0.3 is 9.88 Å². The highest BCUT2D eigenvalue weighted by Gasteiger charge is 2.05. The number of hydrogen-bond donors (Lipinski definition) is 1. The molecule has 0 fully saturated rings. The molecule has 0 aliphatic rings. The lowest BCUT2D eigenvalue weighted by Crippen LogP contribution is -2.16. The van der Waals surface area contributed by atoms with Crippen LogP contribution in [0.3, 0.4) is 0 Å². The van der Waals surface area contributed by atoms with E-state index in [1.54, 1.807) is 29.9 Å². The first kappa shape index (κ1) is 12.9. The molecule has 1 aromatic carbocycles. The number of halogens is 1. The van der Waals surface area contributed by atoms with Gasteiger partial charge in [0.1, 0.15) is 0 Å². The molecule has 3 nitrogen and oxygen atoms in total. The molecule has 0 bridgehead atoms. The fraction of sp³-hybridized carbons (Fsp3) is 0.214. The van der Waals surface area contributed by atoms with Gasteiger partial charge in [-0.25, -0.2) is 0 Å². The topological polar surface area (TPSA) is 34.0 Å². The van der Waals surface area contributed by atoms with Crippen molar-refractivity contribution in [3.63, 3.8) is 0 Å². The first-order chi connectivity index (χ1) is 8.56. The highest BCUT2D eigenvalue weighted by atomic mass is 79.9. The minimum absolute atomic E-state index is 0.00402. The van der Waals surface area contributed by atoms with E-state index in [9.17, 15) is 4.79 Å². The second-order valence-electron chi connectivity index (χ2n) is 4.29. The van der Waals surface area contributed by atoms with Crippen LogP contribution in [0.4, 0.5) is 5.69 Å². The third-order valence-corrected chi connectivity index (χ3v) is 3.31. The summed E-state index contributed by atoms with van der Waals surface area (Å²) in [6.45, 7) is 2.09. The molecule has 0 saturated heterocycles. The number of anilines is 1. The zero-order valence-electron chi connectivity index (χ0n) is 10.4. The Morgan fingerprint density at radius 2 is 2.06 bits per heavy atom. The van der Waals surface area contributed by atoms with Gasteiger partial charge in [-0.05, 0) is 30.7 Å². The summed E-state index contributed by atoms with van der Waals surface area (Å²) in [5.74, 6) is 0. The van der Waals surface area contributed by atoms with Crippen LogP contribution in [0.15, 0.2) is 51.9 Å². The molecule has 2 aromatic rings. The molecule has 1 heterocycles. The largest absolute Gasteiger partial charge is 0.377 e. The van der Waals surface area contributed by atoms with Gasteiger partial charge in [-0.1, -0.05) is 28.1 Å². The summed E-state index contributed by atoms with van der Waals surface area (Å²) in [4.78, 5) is 11.3. The molecule has 0 saturated carbocycles. The normalized spacial score (nSPS) is 12.2. The van der Waals surface area contributed by atoms with Gasteiger partial charge in [-0.3, -0.25) is 4.79 Å². The van der Waals surface area contributed by atoms with E-state index in [1.165, 1.54) is 5.56 Å². The van der Waals surface area contributed by atoms with E-state index in [4.69, 9.17) is 0 Å². The van der Waals surface area contributed by atoms with E-state index in [0.29, 0.717) is 0 Å². The van der Waals surface area contributed by atoms with Crippen molar-refractivity contribution in [2.24, 2.45) is 7.05 Å². The molecular formula is C14H15BrN2O. The highest BCUT2D eigenvalue weighted by Crippen LogP contribution is 2.21. The highest BCUT2D eigenvalue weighted by molar-refractivity contribution is 9.10. The van der Waals surface area contributed by atoms with Crippen molar-refractivity contribution in [1.82, 2.24) is 4.57 Å². The van der Waals surface area contributed by atoms with Crippen molar-refractivity contribution in [3.8, 4) is 0 Å². The van der Waals surface area contributed by atoms with Crippen LogP contribution in [-0.4, -0.2) is 4.57 Å². The molecule has 1 aromatic heterocycles. The van der Waals surface area contributed by atoms with Gasteiger partial charge in [0.05, 0.1) is 5.69 Å². The first-order valence-corrected chi connectivity index (χ1v) is 6.54. The Morgan fingerprint density at radius 1 is 1.28 bits per heavy atom. The van der Waals surface area contributed by atoms with Crippen LogP contribution < -0.4 is 10.9 Å². The maximum Gasteiger partial charge on any atom is 0.250 e. The zero-order chi connectivity index (χ0) is 13.1. The van der Waals surface area contributed by atoms with E-state index < -0.39 is 0 Å². The molecule has 1 N–H and O–H groups in total. The Labute approximate surface area is 115 Å². The van der Waals surface area contributed by atoms with Gasteiger partial charge in [0.25, 0.3) is 0 Å². The Bertz CT molecular complexity index is 607. The van der Waals surface area contributed by atoms with Gasteiger partial charge in [-0.2, -0.15) is 0 Å². The predicted octanol–water partition coefficient (Wildman–Crippen LogP) is 3.32. The van der Waals surface area contributed by atoms with Crippen molar-refractivity contribution in [3.05, 3.63) is 63.0 Å².